The van der Waals surface area contributed by atoms with Crippen LogP contribution in [0.5, 0.6) is 0 Å². The maximum atomic E-state index is 13.3. The Labute approximate surface area is 89.3 Å². The molecule has 13 heavy (non-hydrogen) atoms. The number of hydrogen-bond acceptors (Lipinski definition) is 1. The van der Waals surface area contributed by atoms with E-state index in [1.807, 2.05) is 0 Å². The third-order valence-electron chi connectivity index (χ3n) is 1.45. The van der Waals surface area contributed by atoms with Crippen molar-refractivity contribution in [3.8, 4) is 0 Å². The zero-order valence-corrected chi connectivity index (χ0v) is 9.19. The van der Waals surface area contributed by atoms with Gasteiger partial charge >= 0.3 is 0 Å². The van der Waals surface area contributed by atoms with Crippen LogP contribution >= 0.6 is 27.5 Å². The molecule has 4 heteroatoms. The lowest BCUT2D eigenvalue weighted by Crippen LogP contribution is -1.85. The van der Waals surface area contributed by atoms with Gasteiger partial charge in [0.25, 0.3) is 0 Å². The Bertz CT molecular complexity index is 339. The normalized spacial score (nSPS) is 10.8. The first-order valence-corrected chi connectivity index (χ1v) is 4.66. The van der Waals surface area contributed by atoms with Gasteiger partial charge in [-0.2, -0.15) is 0 Å². The van der Waals surface area contributed by atoms with Gasteiger partial charge in [-0.3, -0.25) is 0 Å². The molecule has 0 bridgehead atoms. The first-order chi connectivity index (χ1) is 6.16. The second-order valence-electron chi connectivity index (χ2n) is 2.30. The molecule has 70 valence electrons. The molecule has 0 aromatic heterocycles. The molecule has 0 aliphatic carbocycles. The summed E-state index contributed by atoms with van der Waals surface area (Å²) in [6, 6.07) is 3.17. The summed E-state index contributed by atoms with van der Waals surface area (Å²) in [5, 5.41) is 0.0963. The van der Waals surface area contributed by atoms with Crippen molar-refractivity contribution in [2.45, 2.75) is 0 Å². The van der Waals surface area contributed by atoms with E-state index in [1.54, 1.807) is 6.07 Å². The Morgan fingerprint density at radius 2 is 2.23 bits per heavy atom. The minimum Gasteiger partial charge on any atom is -0.504 e. The SMILES string of the molecule is COC=Cc1c(Br)ccc(Cl)c1F. The molecule has 0 saturated carbocycles. The second-order valence-corrected chi connectivity index (χ2v) is 3.56. The minimum atomic E-state index is -0.454. The van der Waals surface area contributed by atoms with Gasteiger partial charge in [0.1, 0.15) is 5.82 Å². The molecule has 1 rings (SSSR count). The Balaban J connectivity index is 3.17. The van der Waals surface area contributed by atoms with Gasteiger partial charge in [0.15, 0.2) is 0 Å². The molecule has 1 aromatic carbocycles. The number of halogens is 3. The second kappa shape index (κ2) is 4.63. The molecule has 0 atom stereocenters. The molecule has 0 N–H and O–H groups in total. The van der Waals surface area contributed by atoms with Crippen molar-refractivity contribution in [1.29, 1.82) is 0 Å². The van der Waals surface area contributed by atoms with Gasteiger partial charge in [0, 0.05) is 10.0 Å². The van der Waals surface area contributed by atoms with Crippen molar-refractivity contribution in [1.82, 2.24) is 0 Å². The highest BCUT2D eigenvalue weighted by Gasteiger charge is 2.07. The maximum absolute atomic E-state index is 13.3. The Hall–Kier alpha value is -0.540. The zero-order chi connectivity index (χ0) is 9.84. The molecule has 0 heterocycles. The van der Waals surface area contributed by atoms with Crippen LogP contribution < -0.4 is 0 Å². The minimum absolute atomic E-state index is 0.0963. The summed E-state index contributed by atoms with van der Waals surface area (Å²) >= 11 is 8.80. The summed E-state index contributed by atoms with van der Waals surface area (Å²) < 4.78 is 18.6. The van der Waals surface area contributed by atoms with Gasteiger partial charge in [-0.05, 0) is 18.2 Å². The quantitative estimate of drug-likeness (QED) is 0.583. The molecule has 0 fully saturated rings. The van der Waals surface area contributed by atoms with E-state index >= 15 is 0 Å². The third-order valence-corrected chi connectivity index (χ3v) is 2.43. The molecule has 0 aliphatic heterocycles. The van der Waals surface area contributed by atoms with Crippen LogP contribution in [0.2, 0.25) is 5.02 Å². The Morgan fingerprint density at radius 1 is 1.54 bits per heavy atom. The molecule has 1 nitrogen and oxygen atoms in total. The molecular weight excluding hydrogens is 258 g/mol. The van der Waals surface area contributed by atoms with Crippen LogP contribution in [-0.4, -0.2) is 7.11 Å². The fourth-order valence-electron chi connectivity index (χ4n) is 0.832. The zero-order valence-electron chi connectivity index (χ0n) is 6.85. The Morgan fingerprint density at radius 3 is 2.85 bits per heavy atom. The van der Waals surface area contributed by atoms with Crippen LogP contribution in [0.15, 0.2) is 22.9 Å². The van der Waals surface area contributed by atoms with Gasteiger partial charge in [0.05, 0.1) is 18.4 Å². The lowest BCUT2D eigenvalue weighted by molar-refractivity contribution is 0.341. The molecule has 0 aliphatic rings. The average Bonchev–Trinajstić information content (AvgIpc) is 2.12. The fourth-order valence-corrected chi connectivity index (χ4v) is 1.43. The monoisotopic (exact) mass is 264 g/mol. The van der Waals surface area contributed by atoms with Crippen LogP contribution in [0.25, 0.3) is 6.08 Å². The van der Waals surface area contributed by atoms with Crippen molar-refractivity contribution in [2.24, 2.45) is 0 Å². The predicted molar refractivity (Wildman–Crippen MR) is 55.2 cm³/mol. The van der Waals surface area contributed by atoms with E-state index in [0.717, 1.165) is 0 Å². The van der Waals surface area contributed by atoms with Gasteiger partial charge in [0.2, 0.25) is 0 Å². The van der Waals surface area contributed by atoms with Crippen molar-refractivity contribution < 1.29 is 9.13 Å². The number of ether oxygens (including phenoxy) is 1. The molecule has 0 saturated heterocycles. The van der Waals surface area contributed by atoms with E-state index in [2.05, 4.69) is 20.7 Å². The summed E-state index contributed by atoms with van der Waals surface area (Å²) in [5.74, 6) is -0.454. The molecule has 0 amide bonds. The number of hydrogen-bond donors (Lipinski definition) is 0. The van der Waals surface area contributed by atoms with Gasteiger partial charge in [-0.15, -0.1) is 0 Å². The summed E-state index contributed by atoms with van der Waals surface area (Å²) in [6.45, 7) is 0. The summed E-state index contributed by atoms with van der Waals surface area (Å²) in [5.41, 5.74) is 0.384. The van der Waals surface area contributed by atoms with Crippen LogP contribution in [-0.2, 0) is 4.74 Å². The van der Waals surface area contributed by atoms with E-state index in [1.165, 1.54) is 25.5 Å². The van der Waals surface area contributed by atoms with Gasteiger partial charge < -0.3 is 4.74 Å². The third kappa shape index (κ3) is 2.45. The molecule has 0 spiro atoms. The highest BCUT2D eigenvalue weighted by Crippen LogP contribution is 2.26. The lowest BCUT2D eigenvalue weighted by Gasteiger charge is -2.01. The highest BCUT2D eigenvalue weighted by atomic mass is 79.9. The topological polar surface area (TPSA) is 9.23 Å². The smallest absolute Gasteiger partial charge is 0.150 e. The maximum Gasteiger partial charge on any atom is 0.150 e. The predicted octanol–water partition coefficient (Wildman–Crippen LogP) is 3.86. The highest BCUT2D eigenvalue weighted by molar-refractivity contribution is 9.10. The van der Waals surface area contributed by atoms with E-state index in [9.17, 15) is 4.39 Å². The van der Waals surface area contributed by atoms with Crippen molar-refractivity contribution in [3.05, 3.63) is 39.3 Å². The standard InChI is InChI=1S/C9H7BrClFO/c1-13-5-4-6-7(10)2-3-8(11)9(6)12/h2-5H,1H3. The average molecular weight is 266 g/mol. The number of benzene rings is 1. The lowest BCUT2D eigenvalue weighted by atomic mass is 10.2. The summed E-state index contributed by atoms with van der Waals surface area (Å²) in [7, 11) is 1.49. The van der Waals surface area contributed by atoms with Crippen LogP contribution in [0, 0.1) is 5.82 Å². The van der Waals surface area contributed by atoms with E-state index in [4.69, 9.17) is 11.6 Å². The summed E-state index contributed by atoms with van der Waals surface area (Å²) in [6.07, 6.45) is 2.89. The summed E-state index contributed by atoms with van der Waals surface area (Å²) in [4.78, 5) is 0. The first-order valence-electron chi connectivity index (χ1n) is 3.49. The van der Waals surface area contributed by atoms with Crippen LogP contribution in [0.4, 0.5) is 4.39 Å². The van der Waals surface area contributed by atoms with E-state index < -0.39 is 5.82 Å². The molecule has 0 radical (unpaired) electrons. The molecule has 0 unspecified atom stereocenters. The largest absolute Gasteiger partial charge is 0.504 e. The van der Waals surface area contributed by atoms with E-state index in [-0.39, 0.29) is 5.02 Å². The van der Waals surface area contributed by atoms with E-state index in [0.29, 0.717) is 10.0 Å². The number of rotatable bonds is 2. The van der Waals surface area contributed by atoms with Gasteiger partial charge in [-0.1, -0.05) is 27.5 Å². The van der Waals surface area contributed by atoms with Crippen LogP contribution in [0.1, 0.15) is 5.56 Å². The molecule has 1 aromatic rings. The number of methoxy groups -OCH3 is 1. The van der Waals surface area contributed by atoms with Crippen LogP contribution in [0.3, 0.4) is 0 Å². The first kappa shape index (κ1) is 10.5. The fraction of sp³-hybridized carbons (Fsp3) is 0.111. The van der Waals surface area contributed by atoms with Gasteiger partial charge in [-0.25, -0.2) is 4.39 Å². The van der Waals surface area contributed by atoms with Crippen molar-refractivity contribution in [3.63, 3.8) is 0 Å². The molecular formula is C9H7BrClFO. The van der Waals surface area contributed by atoms with Crippen molar-refractivity contribution >= 4 is 33.6 Å². The Kier molecular flexibility index (Phi) is 3.75. The van der Waals surface area contributed by atoms with Crippen molar-refractivity contribution in [2.75, 3.05) is 7.11 Å².